The number of imidazole rings is 2. The van der Waals surface area contributed by atoms with E-state index in [2.05, 4.69) is 34.8 Å². The minimum absolute atomic E-state index is 0.0867. The molecule has 206 valence electrons. The number of anilines is 2. The number of amides is 1. The van der Waals surface area contributed by atoms with Crippen LogP contribution in [0.25, 0.3) is 27.8 Å². The van der Waals surface area contributed by atoms with Crippen LogP contribution in [-0.4, -0.2) is 69.7 Å². The third kappa shape index (κ3) is 5.27. The van der Waals surface area contributed by atoms with Crippen LogP contribution < -0.4 is 15.0 Å². The van der Waals surface area contributed by atoms with Crippen molar-refractivity contribution in [1.29, 1.82) is 0 Å². The zero-order chi connectivity index (χ0) is 28.0. The van der Waals surface area contributed by atoms with Crippen molar-refractivity contribution in [2.45, 2.75) is 6.36 Å². The Morgan fingerprint density at radius 1 is 1.00 bits per heavy atom. The summed E-state index contributed by atoms with van der Waals surface area (Å²) in [5.74, 6) is -1.14. The fourth-order valence-electron chi connectivity index (χ4n) is 4.73. The van der Waals surface area contributed by atoms with Gasteiger partial charge in [0.1, 0.15) is 17.3 Å². The maximum Gasteiger partial charge on any atom is 0.573 e. The number of nitrogens with one attached hydrogen (secondary N) is 2. The number of pyridine rings is 1. The first-order valence-corrected chi connectivity index (χ1v) is 12.4. The van der Waals surface area contributed by atoms with Gasteiger partial charge in [-0.1, -0.05) is 18.2 Å². The van der Waals surface area contributed by atoms with E-state index in [1.807, 2.05) is 7.05 Å². The van der Waals surface area contributed by atoms with Crippen LogP contribution in [0, 0.1) is 5.82 Å². The smallest absolute Gasteiger partial charge is 0.406 e. The molecule has 4 heterocycles. The zero-order valence-electron chi connectivity index (χ0n) is 21.2. The van der Waals surface area contributed by atoms with E-state index in [4.69, 9.17) is 0 Å². The number of alkyl halides is 3. The number of piperazine rings is 1. The molecule has 5 aromatic rings. The van der Waals surface area contributed by atoms with Crippen LogP contribution in [0.3, 0.4) is 0 Å². The van der Waals surface area contributed by atoms with E-state index in [0.29, 0.717) is 46.6 Å². The first kappa shape index (κ1) is 25.6. The molecule has 0 aliphatic carbocycles. The monoisotopic (exact) mass is 553 g/mol. The highest BCUT2D eigenvalue weighted by atomic mass is 19.4. The van der Waals surface area contributed by atoms with Crippen LogP contribution in [0.2, 0.25) is 0 Å². The molecule has 40 heavy (non-hydrogen) atoms. The molecule has 0 radical (unpaired) electrons. The van der Waals surface area contributed by atoms with Crippen LogP contribution in [0.1, 0.15) is 10.5 Å². The molecule has 0 spiro atoms. The number of fused-ring (bicyclic) bond motifs is 2. The fourth-order valence-corrected chi connectivity index (χ4v) is 4.73. The van der Waals surface area contributed by atoms with Gasteiger partial charge in [-0.3, -0.25) is 10.1 Å². The SMILES string of the molecule is CN1CCN(c2cc(F)cn3cc(C(=O)Nc4nc5cc(-c6cccc(OC(F)(F)F)c6)ccc5[nH]4)nc23)CC1. The number of carbonyl (C=O) groups excluding carboxylic acids is 1. The predicted molar refractivity (Wildman–Crippen MR) is 141 cm³/mol. The van der Waals surface area contributed by atoms with E-state index < -0.39 is 18.1 Å². The van der Waals surface area contributed by atoms with Crippen molar-refractivity contribution in [3.8, 4) is 16.9 Å². The van der Waals surface area contributed by atoms with Gasteiger partial charge < -0.3 is 23.9 Å². The van der Waals surface area contributed by atoms with Gasteiger partial charge in [0.25, 0.3) is 5.91 Å². The average Bonchev–Trinajstić information content (AvgIpc) is 3.51. The third-order valence-corrected chi connectivity index (χ3v) is 6.69. The zero-order valence-corrected chi connectivity index (χ0v) is 21.2. The minimum atomic E-state index is -4.79. The molecular formula is C27H23F4N7O2. The number of halogens is 4. The summed E-state index contributed by atoms with van der Waals surface area (Å²) >= 11 is 0. The molecular weight excluding hydrogens is 530 g/mol. The summed E-state index contributed by atoms with van der Waals surface area (Å²) in [6, 6.07) is 12.2. The largest absolute Gasteiger partial charge is 0.573 e. The molecule has 1 aliphatic heterocycles. The summed E-state index contributed by atoms with van der Waals surface area (Å²) in [5, 5.41) is 2.68. The molecule has 1 fully saturated rings. The molecule has 0 unspecified atom stereocenters. The number of hydrogen-bond donors (Lipinski definition) is 2. The van der Waals surface area contributed by atoms with Gasteiger partial charge >= 0.3 is 6.36 Å². The number of nitrogens with zero attached hydrogens (tertiary/aromatic N) is 5. The van der Waals surface area contributed by atoms with Gasteiger partial charge in [0.05, 0.1) is 16.7 Å². The van der Waals surface area contributed by atoms with Crippen LogP contribution in [0.15, 0.2) is 60.9 Å². The quantitative estimate of drug-likeness (QED) is 0.301. The number of carbonyl (C=O) groups is 1. The lowest BCUT2D eigenvalue weighted by molar-refractivity contribution is -0.274. The highest BCUT2D eigenvalue weighted by Gasteiger charge is 2.31. The molecule has 1 amide bonds. The second kappa shape index (κ2) is 9.83. The van der Waals surface area contributed by atoms with E-state index in [1.165, 1.54) is 41.1 Å². The maximum atomic E-state index is 14.4. The Kier molecular flexibility index (Phi) is 6.29. The van der Waals surface area contributed by atoms with Crippen molar-refractivity contribution >= 4 is 34.2 Å². The van der Waals surface area contributed by atoms with E-state index in [9.17, 15) is 22.4 Å². The summed E-state index contributed by atoms with van der Waals surface area (Å²) in [5.41, 5.74) is 3.40. The number of ether oxygens (including phenoxy) is 1. The predicted octanol–water partition coefficient (Wildman–Crippen LogP) is 4.92. The maximum absolute atomic E-state index is 14.4. The molecule has 1 saturated heterocycles. The van der Waals surface area contributed by atoms with Gasteiger partial charge in [-0.2, -0.15) is 0 Å². The lowest BCUT2D eigenvalue weighted by Gasteiger charge is -2.34. The van der Waals surface area contributed by atoms with Gasteiger partial charge in [-0.05, 0) is 42.4 Å². The fraction of sp³-hybridized carbons (Fsp3) is 0.222. The summed E-state index contributed by atoms with van der Waals surface area (Å²) in [7, 11) is 2.03. The number of H-pyrrole nitrogens is 1. The van der Waals surface area contributed by atoms with Crippen LogP contribution in [-0.2, 0) is 0 Å². The van der Waals surface area contributed by atoms with Crippen LogP contribution >= 0.6 is 0 Å². The van der Waals surface area contributed by atoms with Gasteiger partial charge in [0.2, 0.25) is 5.95 Å². The van der Waals surface area contributed by atoms with E-state index >= 15 is 0 Å². The topological polar surface area (TPSA) is 90.8 Å². The Labute approximate surface area is 225 Å². The molecule has 2 N–H and O–H groups in total. The summed E-state index contributed by atoms with van der Waals surface area (Å²) in [4.78, 5) is 29.2. The highest BCUT2D eigenvalue weighted by Crippen LogP contribution is 2.30. The number of rotatable bonds is 5. The number of likely N-dealkylation sites (N-methyl/N-ethyl adjacent to an activating group) is 1. The average molecular weight is 554 g/mol. The molecule has 1 aliphatic rings. The molecule has 9 nitrogen and oxygen atoms in total. The molecule has 3 aromatic heterocycles. The van der Waals surface area contributed by atoms with E-state index in [0.717, 1.165) is 13.1 Å². The van der Waals surface area contributed by atoms with Crippen molar-refractivity contribution in [3.63, 3.8) is 0 Å². The summed E-state index contributed by atoms with van der Waals surface area (Å²) < 4.78 is 57.7. The Bertz CT molecular complexity index is 1720. The Balaban J connectivity index is 1.23. The van der Waals surface area contributed by atoms with Crippen molar-refractivity contribution < 1.29 is 27.1 Å². The number of hydrogen-bond acceptors (Lipinski definition) is 6. The standard InChI is InChI=1S/C27H23F4N7O2/c1-36-7-9-37(10-8-36)23-13-18(28)14-38-15-22(32-24(23)38)25(39)35-26-33-20-6-5-17(12-21(20)34-26)16-3-2-4-19(11-16)40-27(29,30)31/h2-6,11-15H,7-10H2,1H3,(H2,33,34,35,39). The van der Waals surface area contributed by atoms with Crippen LogP contribution in [0.5, 0.6) is 5.75 Å². The van der Waals surface area contributed by atoms with Crippen molar-refractivity contribution in [2.24, 2.45) is 0 Å². The Hall–Kier alpha value is -4.65. The summed E-state index contributed by atoms with van der Waals surface area (Å²) in [6.45, 7) is 3.09. The number of benzene rings is 2. The number of aromatic nitrogens is 4. The third-order valence-electron chi connectivity index (χ3n) is 6.69. The molecule has 0 bridgehead atoms. The van der Waals surface area contributed by atoms with Crippen molar-refractivity contribution in [1.82, 2.24) is 24.3 Å². The van der Waals surface area contributed by atoms with Gasteiger partial charge in [-0.15, -0.1) is 13.2 Å². The normalized spacial score (nSPS) is 14.7. The second-order valence-electron chi connectivity index (χ2n) is 9.54. The highest BCUT2D eigenvalue weighted by molar-refractivity contribution is 6.03. The second-order valence-corrected chi connectivity index (χ2v) is 9.54. The van der Waals surface area contributed by atoms with Crippen molar-refractivity contribution in [3.05, 3.63) is 72.4 Å². The van der Waals surface area contributed by atoms with E-state index in [-0.39, 0.29) is 17.4 Å². The molecule has 13 heteroatoms. The molecule has 6 rings (SSSR count). The van der Waals surface area contributed by atoms with Crippen molar-refractivity contribution in [2.75, 3.05) is 43.4 Å². The van der Waals surface area contributed by atoms with Gasteiger partial charge in [0.15, 0.2) is 5.65 Å². The molecule has 0 saturated carbocycles. The first-order valence-electron chi connectivity index (χ1n) is 12.4. The lowest BCUT2D eigenvalue weighted by Crippen LogP contribution is -2.44. The van der Waals surface area contributed by atoms with Gasteiger partial charge in [0, 0.05) is 44.6 Å². The Morgan fingerprint density at radius 3 is 2.55 bits per heavy atom. The van der Waals surface area contributed by atoms with Gasteiger partial charge in [-0.25, -0.2) is 14.4 Å². The molecule has 0 atom stereocenters. The molecule has 2 aromatic carbocycles. The Morgan fingerprint density at radius 2 is 1.77 bits per heavy atom. The van der Waals surface area contributed by atoms with Crippen LogP contribution in [0.4, 0.5) is 29.2 Å². The summed E-state index contributed by atoms with van der Waals surface area (Å²) in [6.07, 6.45) is -2.06. The van der Waals surface area contributed by atoms with E-state index in [1.54, 1.807) is 24.3 Å². The number of aromatic amines is 1. The lowest BCUT2D eigenvalue weighted by atomic mass is 10.0. The first-order chi connectivity index (χ1) is 19.1. The minimum Gasteiger partial charge on any atom is -0.406 e.